The van der Waals surface area contributed by atoms with Crippen molar-refractivity contribution in [3.63, 3.8) is 0 Å². The third-order valence-corrected chi connectivity index (χ3v) is 4.20. The van der Waals surface area contributed by atoms with Gasteiger partial charge < -0.3 is 10.1 Å². The summed E-state index contributed by atoms with van der Waals surface area (Å²) in [5.41, 5.74) is 0. The zero-order valence-electron chi connectivity index (χ0n) is 12.7. The minimum Gasteiger partial charge on any atom is -0.481 e. The molecule has 1 atom stereocenters. The van der Waals surface area contributed by atoms with Gasteiger partial charge in [0.25, 0.3) is 5.91 Å². The van der Waals surface area contributed by atoms with E-state index in [0.717, 1.165) is 0 Å². The van der Waals surface area contributed by atoms with Gasteiger partial charge in [0.05, 0.1) is 4.90 Å². The Balaban J connectivity index is 2.65. The van der Waals surface area contributed by atoms with Gasteiger partial charge in [0.1, 0.15) is 5.75 Å². The van der Waals surface area contributed by atoms with E-state index < -0.39 is 16.1 Å². The summed E-state index contributed by atoms with van der Waals surface area (Å²) in [5, 5.41) is 2.78. The van der Waals surface area contributed by atoms with Gasteiger partial charge in [-0.2, -0.15) is 0 Å². The largest absolute Gasteiger partial charge is 0.481 e. The van der Waals surface area contributed by atoms with Crippen molar-refractivity contribution in [1.82, 2.24) is 10.0 Å². The average Bonchev–Trinajstić information content (AvgIpc) is 2.45. The molecule has 0 saturated heterocycles. The topological polar surface area (TPSA) is 84.5 Å². The summed E-state index contributed by atoms with van der Waals surface area (Å²) in [6, 6.07) is 5.91. The van der Waals surface area contributed by atoms with Crippen molar-refractivity contribution in [1.29, 1.82) is 0 Å². The highest BCUT2D eigenvalue weighted by Gasteiger charge is 2.15. The molecular weight excluding hydrogens is 292 g/mol. The van der Waals surface area contributed by atoms with Crippen LogP contribution in [0.5, 0.6) is 5.75 Å². The van der Waals surface area contributed by atoms with E-state index in [1.807, 2.05) is 13.8 Å². The van der Waals surface area contributed by atoms with Crippen LogP contribution in [0.2, 0.25) is 0 Å². The highest BCUT2D eigenvalue weighted by atomic mass is 32.2. The Bertz CT molecular complexity index is 567. The number of carbonyl (C=O) groups excluding carboxylic acids is 1. The molecule has 0 aromatic heterocycles. The number of benzene rings is 1. The SMILES string of the molecule is CNS(=O)(=O)c1ccc(O[C@H](C)C(=O)NCC(C)C)cc1. The number of amides is 1. The second-order valence-electron chi connectivity index (χ2n) is 5.08. The quantitative estimate of drug-likeness (QED) is 0.790. The Morgan fingerprint density at radius 3 is 2.24 bits per heavy atom. The molecule has 118 valence electrons. The van der Waals surface area contributed by atoms with Crippen molar-refractivity contribution in [3.8, 4) is 5.75 Å². The molecule has 0 fully saturated rings. The second-order valence-corrected chi connectivity index (χ2v) is 6.96. The molecule has 0 aliphatic carbocycles. The average molecular weight is 314 g/mol. The van der Waals surface area contributed by atoms with Crippen molar-refractivity contribution in [2.24, 2.45) is 5.92 Å². The van der Waals surface area contributed by atoms with E-state index in [0.29, 0.717) is 18.2 Å². The molecule has 2 N–H and O–H groups in total. The molecular formula is C14H22N2O4S. The molecule has 0 bridgehead atoms. The standard InChI is InChI=1S/C14H22N2O4S/c1-10(2)9-16-14(17)11(3)20-12-5-7-13(8-6-12)21(18,19)15-4/h5-8,10-11,15H,9H2,1-4H3,(H,16,17)/t11-/m1/s1. The van der Waals surface area contributed by atoms with Crippen LogP contribution in [0.25, 0.3) is 0 Å². The van der Waals surface area contributed by atoms with E-state index in [2.05, 4.69) is 10.0 Å². The highest BCUT2D eigenvalue weighted by Crippen LogP contribution is 2.16. The van der Waals surface area contributed by atoms with Crippen LogP contribution in [-0.2, 0) is 14.8 Å². The van der Waals surface area contributed by atoms with Crippen LogP contribution < -0.4 is 14.8 Å². The third kappa shape index (κ3) is 5.35. The molecule has 0 radical (unpaired) electrons. The molecule has 6 nitrogen and oxygen atoms in total. The maximum Gasteiger partial charge on any atom is 0.260 e. The van der Waals surface area contributed by atoms with Crippen molar-refractivity contribution >= 4 is 15.9 Å². The van der Waals surface area contributed by atoms with Crippen LogP contribution in [0.15, 0.2) is 29.2 Å². The lowest BCUT2D eigenvalue weighted by Crippen LogP contribution is -2.38. The van der Waals surface area contributed by atoms with Gasteiger partial charge in [-0.05, 0) is 44.2 Å². The number of hydrogen-bond donors (Lipinski definition) is 2. The number of ether oxygens (including phenoxy) is 1. The molecule has 0 heterocycles. The van der Waals surface area contributed by atoms with Crippen LogP contribution >= 0.6 is 0 Å². The third-order valence-electron chi connectivity index (χ3n) is 2.77. The van der Waals surface area contributed by atoms with E-state index in [-0.39, 0.29) is 10.8 Å². The molecule has 0 saturated carbocycles. The predicted octanol–water partition coefficient (Wildman–Crippen LogP) is 1.13. The first kappa shape index (κ1) is 17.5. The van der Waals surface area contributed by atoms with Gasteiger partial charge in [-0.25, -0.2) is 13.1 Å². The smallest absolute Gasteiger partial charge is 0.260 e. The summed E-state index contributed by atoms with van der Waals surface area (Å²) in [6.07, 6.45) is -0.643. The summed E-state index contributed by atoms with van der Waals surface area (Å²) < 4.78 is 30.9. The van der Waals surface area contributed by atoms with Crippen LogP contribution in [0.1, 0.15) is 20.8 Å². The minimum atomic E-state index is -3.46. The highest BCUT2D eigenvalue weighted by molar-refractivity contribution is 7.89. The zero-order valence-corrected chi connectivity index (χ0v) is 13.5. The Kier molecular flexibility index (Phi) is 6.17. The van der Waals surface area contributed by atoms with E-state index in [9.17, 15) is 13.2 Å². The normalized spacial score (nSPS) is 13.0. The van der Waals surface area contributed by atoms with Gasteiger partial charge >= 0.3 is 0 Å². The molecule has 1 aromatic carbocycles. The summed E-state index contributed by atoms with van der Waals surface area (Å²) in [5.74, 6) is 0.611. The van der Waals surface area contributed by atoms with E-state index in [1.54, 1.807) is 6.92 Å². The fourth-order valence-corrected chi connectivity index (χ4v) is 2.25. The Hall–Kier alpha value is -1.60. The van der Waals surface area contributed by atoms with Crippen LogP contribution in [0.3, 0.4) is 0 Å². The Labute approximate surface area is 125 Å². The zero-order chi connectivity index (χ0) is 16.0. The summed E-state index contributed by atoms with van der Waals surface area (Å²) in [4.78, 5) is 11.9. The number of rotatable bonds is 7. The molecule has 1 aromatic rings. The van der Waals surface area contributed by atoms with Gasteiger partial charge in [-0.15, -0.1) is 0 Å². The second kappa shape index (κ2) is 7.42. The van der Waals surface area contributed by atoms with Crippen LogP contribution in [-0.4, -0.2) is 34.0 Å². The lowest BCUT2D eigenvalue weighted by molar-refractivity contribution is -0.127. The van der Waals surface area contributed by atoms with E-state index in [4.69, 9.17) is 4.74 Å². The molecule has 0 spiro atoms. The molecule has 1 amide bonds. The first-order valence-corrected chi connectivity index (χ1v) is 8.22. The summed E-state index contributed by atoms with van der Waals surface area (Å²) >= 11 is 0. The van der Waals surface area contributed by atoms with Crippen molar-refractivity contribution in [2.75, 3.05) is 13.6 Å². The Morgan fingerprint density at radius 2 is 1.76 bits per heavy atom. The lowest BCUT2D eigenvalue weighted by atomic mass is 10.2. The number of sulfonamides is 1. The molecule has 0 unspecified atom stereocenters. The number of nitrogens with one attached hydrogen (secondary N) is 2. The lowest BCUT2D eigenvalue weighted by Gasteiger charge is -2.15. The predicted molar refractivity (Wildman–Crippen MR) is 80.6 cm³/mol. The maximum atomic E-state index is 11.8. The van der Waals surface area contributed by atoms with Gasteiger partial charge in [0.15, 0.2) is 6.10 Å². The van der Waals surface area contributed by atoms with Gasteiger partial charge in [0, 0.05) is 6.54 Å². The van der Waals surface area contributed by atoms with Crippen LogP contribution in [0, 0.1) is 5.92 Å². The molecule has 7 heteroatoms. The van der Waals surface area contributed by atoms with Crippen molar-refractivity contribution in [3.05, 3.63) is 24.3 Å². The molecule has 1 rings (SSSR count). The molecule has 21 heavy (non-hydrogen) atoms. The first-order valence-electron chi connectivity index (χ1n) is 6.74. The monoisotopic (exact) mass is 314 g/mol. The summed E-state index contributed by atoms with van der Waals surface area (Å²) in [7, 11) is -2.11. The summed E-state index contributed by atoms with van der Waals surface area (Å²) in [6.45, 7) is 6.25. The van der Waals surface area contributed by atoms with Crippen molar-refractivity contribution < 1.29 is 17.9 Å². The van der Waals surface area contributed by atoms with Gasteiger partial charge in [-0.1, -0.05) is 13.8 Å². The Morgan fingerprint density at radius 1 is 1.19 bits per heavy atom. The fraction of sp³-hybridized carbons (Fsp3) is 0.500. The van der Waals surface area contributed by atoms with Gasteiger partial charge in [-0.3, -0.25) is 4.79 Å². The van der Waals surface area contributed by atoms with E-state index in [1.165, 1.54) is 31.3 Å². The number of hydrogen-bond acceptors (Lipinski definition) is 4. The number of carbonyl (C=O) groups is 1. The first-order chi connectivity index (χ1) is 9.76. The maximum absolute atomic E-state index is 11.8. The fourth-order valence-electron chi connectivity index (χ4n) is 1.52. The van der Waals surface area contributed by atoms with Crippen molar-refractivity contribution in [2.45, 2.75) is 31.8 Å². The van der Waals surface area contributed by atoms with Crippen LogP contribution in [0.4, 0.5) is 0 Å². The van der Waals surface area contributed by atoms with Gasteiger partial charge in [0.2, 0.25) is 10.0 Å². The minimum absolute atomic E-state index is 0.147. The molecule has 0 aliphatic heterocycles. The molecule has 0 aliphatic rings. The van der Waals surface area contributed by atoms with E-state index >= 15 is 0 Å².